The second kappa shape index (κ2) is 6.83. The molecule has 26 heavy (non-hydrogen) atoms. The zero-order valence-electron chi connectivity index (χ0n) is 14.2. The third-order valence-corrected chi connectivity index (χ3v) is 5.30. The van der Waals surface area contributed by atoms with Gasteiger partial charge in [-0.2, -0.15) is 0 Å². The Hall–Kier alpha value is -2.81. The van der Waals surface area contributed by atoms with Crippen molar-refractivity contribution in [3.05, 3.63) is 29.4 Å². The van der Waals surface area contributed by atoms with E-state index in [9.17, 15) is 9.59 Å². The third-order valence-electron chi connectivity index (χ3n) is 4.35. The van der Waals surface area contributed by atoms with Crippen LogP contribution in [0, 0.1) is 12.8 Å². The summed E-state index contributed by atoms with van der Waals surface area (Å²) in [5.41, 5.74) is 1.55. The van der Waals surface area contributed by atoms with E-state index in [1.165, 1.54) is 4.68 Å². The normalized spacial score (nSPS) is 14.2. The number of nitrogens with zero attached hydrogens (tertiary/aromatic N) is 4. The molecule has 0 radical (unpaired) electrons. The second-order valence-corrected chi connectivity index (χ2v) is 7.62. The number of carbonyl (C=O) groups is 2. The fourth-order valence-corrected chi connectivity index (χ4v) is 3.61. The van der Waals surface area contributed by atoms with E-state index in [1.807, 2.05) is 25.1 Å². The minimum atomic E-state index is -0.224. The zero-order chi connectivity index (χ0) is 18.1. The Bertz CT molecular complexity index is 975. The molecule has 1 saturated carbocycles. The summed E-state index contributed by atoms with van der Waals surface area (Å²) in [6.45, 7) is 1.97. The number of anilines is 2. The molecule has 1 fully saturated rings. The largest absolute Gasteiger partial charge is 0.324 e. The first kappa shape index (κ1) is 16.6. The van der Waals surface area contributed by atoms with Crippen molar-refractivity contribution in [3.63, 3.8) is 0 Å². The summed E-state index contributed by atoms with van der Waals surface area (Å²) >= 11 is 1.62. The molecule has 0 spiro atoms. The summed E-state index contributed by atoms with van der Waals surface area (Å²) in [6.07, 6.45) is 4.50. The summed E-state index contributed by atoms with van der Waals surface area (Å²) in [4.78, 5) is 28.5. The van der Waals surface area contributed by atoms with E-state index in [4.69, 9.17) is 0 Å². The Kier molecular flexibility index (Phi) is 4.37. The fraction of sp³-hybridized carbons (Fsp3) is 0.353. The standard InChI is InChI=1S/C17H18N6O2S/c1-10-18-13-7-12(5-6-14(13)26-10)19-16(24)9-23-8-15(21-22-23)20-17(25)11-3-2-4-11/h5-8,11H,2-4,9H2,1H3,(H,19,24)(H,20,25). The first-order valence-electron chi connectivity index (χ1n) is 8.45. The van der Waals surface area contributed by atoms with Crippen LogP contribution in [0.2, 0.25) is 0 Å². The molecule has 4 rings (SSSR count). The summed E-state index contributed by atoms with van der Waals surface area (Å²) in [5, 5.41) is 14.3. The number of hydrogen-bond acceptors (Lipinski definition) is 6. The van der Waals surface area contributed by atoms with Gasteiger partial charge in [-0.05, 0) is 38.0 Å². The van der Waals surface area contributed by atoms with Gasteiger partial charge in [-0.15, -0.1) is 16.4 Å². The number of carbonyl (C=O) groups excluding carboxylic acids is 2. The van der Waals surface area contributed by atoms with E-state index in [1.54, 1.807) is 17.5 Å². The maximum Gasteiger partial charge on any atom is 0.246 e. The van der Waals surface area contributed by atoms with Crippen molar-refractivity contribution in [2.45, 2.75) is 32.7 Å². The molecule has 2 N–H and O–H groups in total. The predicted octanol–water partition coefficient (Wildman–Crippen LogP) is 2.57. The summed E-state index contributed by atoms with van der Waals surface area (Å²) < 4.78 is 2.49. The molecular formula is C17H18N6O2S. The second-order valence-electron chi connectivity index (χ2n) is 6.38. The Balaban J connectivity index is 1.35. The van der Waals surface area contributed by atoms with Crippen LogP contribution in [0.25, 0.3) is 10.2 Å². The van der Waals surface area contributed by atoms with Crippen molar-refractivity contribution in [2.24, 2.45) is 5.92 Å². The third kappa shape index (κ3) is 3.57. The molecule has 134 valence electrons. The number of aromatic nitrogens is 4. The lowest BCUT2D eigenvalue weighted by atomic mass is 9.85. The molecule has 2 amide bonds. The fourth-order valence-electron chi connectivity index (χ4n) is 2.80. The number of rotatable bonds is 5. The van der Waals surface area contributed by atoms with E-state index in [2.05, 4.69) is 25.9 Å². The molecule has 1 aliphatic rings. The zero-order valence-corrected chi connectivity index (χ0v) is 15.0. The van der Waals surface area contributed by atoms with Crippen molar-refractivity contribution >= 4 is 44.9 Å². The van der Waals surface area contributed by atoms with Crippen LogP contribution < -0.4 is 10.6 Å². The highest BCUT2D eigenvalue weighted by Gasteiger charge is 2.25. The maximum absolute atomic E-state index is 12.2. The molecule has 0 atom stereocenters. The molecule has 2 aromatic heterocycles. The lowest BCUT2D eigenvalue weighted by molar-refractivity contribution is -0.122. The number of nitrogens with one attached hydrogen (secondary N) is 2. The van der Waals surface area contributed by atoms with Crippen LogP contribution in [0.4, 0.5) is 11.5 Å². The number of aryl methyl sites for hydroxylation is 1. The van der Waals surface area contributed by atoms with Gasteiger partial charge in [0.2, 0.25) is 11.8 Å². The van der Waals surface area contributed by atoms with Crippen LogP contribution in [0.3, 0.4) is 0 Å². The van der Waals surface area contributed by atoms with Gasteiger partial charge < -0.3 is 10.6 Å². The van der Waals surface area contributed by atoms with Gasteiger partial charge in [0.25, 0.3) is 0 Å². The van der Waals surface area contributed by atoms with Crippen molar-refractivity contribution in [3.8, 4) is 0 Å². The molecule has 8 nitrogen and oxygen atoms in total. The Morgan fingerprint density at radius 2 is 2.15 bits per heavy atom. The topological polar surface area (TPSA) is 102 Å². The molecule has 9 heteroatoms. The van der Waals surface area contributed by atoms with E-state index in [-0.39, 0.29) is 24.3 Å². The lowest BCUT2D eigenvalue weighted by Gasteiger charge is -2.23. The molecule has 0 aliphatic heterocycles. The molecule has 1 aliphatic carbocycles. The average Bonchev–Trinajstić information content (AvgIpc) is 3.10. The van der Waals surface area contributed by atoms with Crippen LogP contribution in [0.5, 0.6) is 0 Å². The van der Waals surface area contributed by atoms with E-state index >= 15 is 0 Å². The Morgan fingerprint density at radius 1 is 1.31 bits per heavy atom. The number of benzene rings is 1. The first-order valence-corrected chi connectivity index (χ1v) is 9.26. The monoisotopic (exact) mass is 370 g/mol. The van der Waals surface area contributed by atoms with Crippen LogP contribution >= 0.6 is 11.3 Å². The van der Waals surface area contributed by atoms with Gasteiger partial charge in [-0.25, -0.2) is 9.67 Å². The molecule has 1 aromatic carbocycles. The Morgan fingerprint density at radius 3 is 2.92 bits per heavy atom. The molecule has 2 heterocycles. The SMILES string of the molecule is Cc1nc2cc(NC(=O)Cn3cc(NC(=O)C4CCC4)nn3)ccc2s1. The van der Waals surface area contributed by atoms with Gasteiger partial charge in [-0.1, -0.05) is 11.6 Å². The number of thiazole rings is 1. The van der Waals surface area contributed by atoms with Gasteiger partial charge in [0.15, 0.2) is 5.82 Å². The minimum absolute atomic E-state index is 0.0143. The highest BCUT2D eigenvalue weighted by Crippen LogP contribution is 2.27. The summed E-state index contributed by atoms with van der Waals surface area (Å²) in [6, 6.07) is 5.64. The number of hydrogen-bond donors (Lipinski definition) is 2. The van der Waals surface area contributed by atoms with Gasteiger partial charge in [-0.3, -0.25) is 9.59 Å². The lowest BCUT2D eigenvalue weighted by Crippen LogP contribution is -2.28. The van der Waals surface area contributed by atoms with Crippen molar-refractivity contribution in [1.82, 2.24) is 20.0 Å². The molecular weight excluding hydrogens is 352 g/mol. The predicted molar refractivity (Wildman–Crippen MR) is 99.0 cm³/mol. The van der Waals surface area contributed by atoms with Crippen molar-refractivity contribution < 1.29 is 9.59 Å². The van der Waals surface area contributed by atoms with E-state index in [0.29, 0.717) is 11.5 Å². The number of amides is 2. The minimum Gasteiger partial charge on any atom is -0.324 e. The quantitative estimate of drug-likeness (QED) is 0.719. The number of fused-ring (bicyclic) bond motifs is 1. The maximum atomic E-state index is 12.2. The summed E-state index contributed by atoms with van der Waals surface area (Å²) in [5.74, 6) is 0.194. The Labute approximate surface area is 153 Å². The smallest absolute Gasteiger partial charge is 0.246 e. The van der Waals surface area contributed by atoms with Crippen LogP contribution in [-0.2, 0) is 16.1 Å². The van der Waals surface area contributed by atoms with Gasteiger partial charge >= 0.3 is 0 Å². The highest BCUT2D eigenvalue weighted by molar-refractivity contribution is 7.18. The van der Waals surface area contributed by atoms with E-state index < -0.39 is 0 Å². The molecule has 3 aromatic rings. The van der Waals surface area contributed by atoms with Gasteiger partial charge in [0.1, 0.15) is 6.54 Å². The van der Waals surface area contributed by atoms with Crippen LogP contribution in [0.1, 0.15) is 24.3 Å². The molecule has 0 bridgehead atoms. The average molecular weight is 370 g/mol. The molecule has 0 saturated heterocycles. The van der Waals surface area contributed by atoms with Gasteiger partial charge in [0.05, 0.1) is 21.4 Å². The summed E-state index contributed by atoms with van der Waals surface area (Å²) in [7, 11) is 0. The van der Waals surface area contributed by atoms with Crippen molar-refractivity contribution in [1.29, 1.82) is 0 Å². The van der Waals surface area contributed by atoms with E-state index in [0.717, 1.165) is 34.5 Å². The van der Waals surface area contributed by atoms with Crippen LogP contribution in [0.15, 0.2) is 24.4 Å². The highest BCUT2D eigenvalue weighted by atomic mass is 32.1. The molecule has 0 unspecified atom stereocenters. The van der Waals surface area contributed by atoms with Crippen molar-refractivity contribution in [2.75, 3.05) is 10.6 Å². The first-order chi connectivity index (χ1) is 12.6. The van der Waals surface area contributed by atoms with Gasteiger partial charge in [0, 0.05) is 11.6 Å². The van der Waals surface area contributed by atoms with Crippen LogP contribution in [-0.4, -0.2) is 31.8 Å².